The monoisotopic (exact) mass is 322 g/mol. The molecule has 0 heterocycles. The van der Waals surface area contributed by atoms with Gasteiger partial charge in [-0.25, -0.2) is 0 Å². The summed E-state index contributed by atoms with van der Waals surface area (Å²) in [4.78, 5) is 0. The molecule has 6 unspecified atom stereocenters. The summed E-state index contributed by atoms with van der Waals surface area (Å²) in [7, 11) is 0. The highest BCUT2D eigenvalue weighted by atomic mass is 14.3. The van der Waals surface area contributed by atoms with Crippen LogP contribution in [-0.4, -0.2) is 0 Å². The van der Waals surface area contributed by atoms with Crippen LogP contribution in [0.25, 0.3) is 0 Å². The highest BCUT2D eigenvalue weighted by Gasteiger charge is 2.26. The average Bonchev–Trinajstić information content (AvgIpc) is 2.51. The Bertz CT molecular complexity index is 292. The number of hydrogen-bond donors (Lipinski definition) is 0. The summed E-state index contributed by atoms with van der Waals surface area (Å²) in [6, 6.07) is 0. The second-order valence-electron chi connectivity index (χ2n) is 9.56. The summed E-state index contributed by atoms with van der Waals surface area (Å²) in [5, 5.41) is 0. The molecule has 0 spiro atoms. The van der Waals surface area contributed by atoms with Crippen LogP contribution in [-0.2, 0) is 0 Å². The second kappa shape index (κ2) is 10.8. The lowest BCUT2D eigenvalue weighted by Gasteiger charge is -2.32. The van der Waals surface area contributed by atoms with Gasteiger partial charge >= 0.3 is 0 Å². The van der Waals surface area contributed by atoms with Crippen molar-refractivity contribution >= 4 is 0 Å². The Labute approximate surface area is 148 Å². The fourth-order valence-corrected chi connectivity index (χ4v) is 4.91. The van der Waals surface area contributed by atoms with E-state index in [4.69, 9.17) is 0 Å². The summed E-state index contributed by atoms with van der Waals surface area (Å²) in [6.07, 6.45) is 13.0. The molecule has 1 rings (SSSR count). The van der Waals surface area contributed by atoms with E-state index in [1.165, 1.54) is 57.8 Å². The van der Waals surface area contributed by atoms with E-state index in [1.807, 2.05) is 0 Å². The van der Waals surface area contributed by atoms with E-state index in [0.717, 1.165) is 41.4 Å². The smallest absolute Gasteiger partial charge is 0.0363 e. The Kier molecular flexibility index (Phi) is 9.86. The topological polar surface area (TPSA) is 0 Å². The van der Waals surface area contributed by atoms with Crippen LogP contribution in [0.15, 0.2) is 0 Å². The van der Waals surface area contributed by atoms with Gasteiger partial charge in [-0.2, -0.15) is 0 Å². The molecule has 0 radical (unpaired) electrons. The highest BCUT2D eigenvalue weighted by Crippen LogP contribution is 2.37. The van der Waals surface area contributed by atoms with Crippen molar-refractivity contribution in [3.05, 3.63) is 0 Å². The Balaban J connectivity index is 2.80. The normalized spacial score (nSPS) is 36.8. The summed E-state index contributed by atoms with van der Waals surface area (Å²) >= 11 is 0. The van der Waals surface area contributed by atoms with Crippen LogP contribution in [0.2, 0.25) is 0 Å². The molecule has 1 fully saturated rings. The zero-order chi connectivity index (χ0) is 17.4. The molecule has 1 aliphatic rings. The summed E-state index contributed by atoms with van der Waals surface area (Å²) in [6.45, 7) is 17.4. The van der Waals surface area contributed by atoms with Gasteiger partial charge in [0.05, 0.1) is 0 Å². The molecule has 0 aromatic rings. The first-order chi connectivity index (χ1) is 10.8. The predicted molar refractivity (Wildman–Crippen MR) is 106 cm³/mol. The van der Waals surface area contributed by atoms with Crippen LogP contribution in [0.5, 0.6) is 0 Å². The van der Waals surface area contributed by atoms with Crippen molar-refractivity contribution in [2.75, 3.05) is 0 Å². The van der Waals surface area contributed by atoms with E-state index in [9.17, 15) is 0 Å². The van der Waals surface area contributed by atoms with Gasteiger partial charge in [-0.1, -0.05) is 87.0 Å². The first-order valence-corrected chi connectivity index (χ1v) is 10.8. The van der Waals surface area contributed by atoms with Crippen LogP contribution in [0.4, 0.5) is 0 Å². The molecule has 0 aliphatic heterocycles. The summed E-state index contributed by atoms with van der Waals surface area (Å²) in [5.41, 5.74) is 0. The molecule has 23 heavy (non-hydrogen) atoms. The second-order valence-corrected chi connectivity index (χ2v) is 9.56. The van der Waals surface area contributed by atoms with Crippen molar-refractivity contribution in [2.24, 2.45) is 41.4 Å². The molecule has 0 heteroatoms. The van der Waals surface area contributed by atoms with Gasteiger partial charge in [-0.15, -0.1) is 0 Å². The molecule has 0 saturated heterocycles. The van der Waals surface area contributed by atoms with Gasteiger partial charge in [0, 0.05) is 0 Å². The van der Waals surface area contributed by atoms with Crippen LogP contribution < -0.4 is 0 Å². The minimum Gasteiger partial charge on any atom is -0.0651 e. The first kappa shape index (κ1) is 21.0. The maximum absolute atomic E-state index is 2.55. The number of hydrogen-bond acceptors (Lipinski definition) is 0. The largest absolute Gasteiger partial charge is 0.0651 e. The molecule has 138 valence electrons. The quantitative estimate of drug-likeness (QED) is 0.494. The van der Waals surface area contributed by atoms with Crippen LogP contribution >= 0.6 is 0 Å². The van der Waals surface area contributed by atoms with Crippen molar-refractivity contribution in [1.82, 2.24) is 0 Å². The van der Waals surface area contributed by atoms with E-state index < -0.39 is 0 Å². The standard InChI is InChI=1S/C23H46/c1-8-20(6)23-15-14-22(17(2)3)16-19(5)13-12-18(4)10-9-11-21(23)7/h17-23H,8-16H2,1-7H3. The fourth-order valence-electron chi connectivity index (χ4n) is 4.91. The van der Waals surface area contributed by atoms with Crippen molar-refractivity contribution in [1.29, 1.82) is 0 Å². The molecule has 0 N–H and O–H groups in total. The summed E-state index contributed by atoms with van der Waals surface area (Å²) < 4.78 is 0. The SMILES string of the molecule is CCC(C)C1CCC(C(C)C)CC(C)CCC(C)CCCC1C. The molecule has 0 amide bonds. The van der Waals surface area contributed by atoms with Gasteiger partial charge in [0.25, 0.3) is 0 Å². The Morgan fingerprint density at radius 3 is 2.04 bits per heavy atom. The molecule has 0 aromatic heterocycles. The minimum atomic E-state index is 0.855. The van der Waals surface area contributed by atoms with Crippen molar-refractivity contribution < 1.29 is 0 Å². The van der Waals surface area contributed by atoms with Gasteiger partial charge in [0.2, 0.25) is 0 Å². The van der Waals surface area contributed by atoms with E-state index in [0.29, 0.717) is 0 Å². The third-order valence-corrected chi connectivity index (χ3v) is 7.13. The Hall–Kier alpha value is 0. The molecule has 0 bridgehead atoms. The van der Waals surface area contributed by atoms with Crippen LogP contribution in [0.1, 0.15) is 106 Å². The van der Waals surface area contributed by atoms with E-state index in [1.54, 1.807) is 0 Å². The molecule has 0 aromatic carbocycles. The fraction of sp³-hybridized carbons (Fsp3) is 1.00. The lowest BCUT2D eigenvalue weighted by atomic mass is 9.74. The first-order valence-electron chi connectivity index (χ1n) is 10.8. The van der Waals surface area contributed by atoms with Gasteiger partial charge in [0.15, 0.2) is 0 Å². The Morgan fingerprint density at radius 1 is 0.783 bits per heavy atom. The maximum atomic E-state index is 2.55. The third-order valence-electron chi connectivity index (χ3n) is 7.13. The lowest BCUT2D eigenvalue weighted by molar-refractivity contribution is 0.185. The molecule has 6 atom stereocenters. The lowest BCUT2D eigenvalue weighted by Crippen LogP contribution is -2.22. The molecule has 0 nitrogen and oxygen atoms in total. The van der Waals surface area contributed by atoms with Crippen molar-refractivity contribution in [3.8, 4) is 0 Å². The molecule has 1 saturated carbocycles. The molecule has 1 aliphatic carbocycles. The predicted octanol–water partition coefficient (Wildman–Crippen LogP) is 7.96. The van der Waals surface area contributed by atoms with Gasteiger partial charge in [-0.05, 0) is 60.7 Å². The van der Waals surface area contributed by atoms with Gasteiger partial charge in [-0.3, -0.25) is 0 Å². The van der Waals surface area contributed by atoms with Crippen LogP contribution in [0.3, 0.4) is 0 Å². The molecular formula is C23H46. The van der Waals surface area contributed by atoms with Crippen molar-refractivity contribution in [2.45, 2.75) is 106 Å². The van der Waals surface area contributed by atoms with E-state index >= 15 is 0 Å². The van der Waals surface area contributed by atoms with E-state index in [2.05, 4.69) is 48.5 Å². The summed E-state index contributed by atoms with van der Waals surface area (Å²) in [5.74, 6) is 6.43. The van der Waals surface area contributed by atoms with Gasteiger partial charge in [0.1, 0.15) is 0 Å². The Morgan fingerprint density at radius 2 is 1.43 bits per heavy atom. The van der Waals surface area contributed by atoms with E-state index in [-0.39, 0.29) is 0 Å². The zero-order valence-corrected chi connectivity index (χ0v) is 17.4. The number of rotatable bonds is 3. The maximum Gasteiger partial charge on any atom is -0.0363 e. The zero-order valence-electron chi connectivity index (χ0n) is 17.4. The third kappa shape index (κ3) is 7.61. The molecular weight excluding hydrogens is 276 g/mol. The minimum absolute atomic E-state index is 0.855. The van der Waals surface area contributed by atoms with Crippen molar-refractivity contribution in [3.63, 3.8) is 0 Å². The van der Waals surface area contributed by atoms with Crippen LogP contribution in [0, 0.1) is 41.4 Å². The average molecular weight is 323 g/mol. The highest BCUT2D eigenvalue weighted by molar-refractivity contribution is 4.76. The van der Waals surface area contributed by atoms with Gasteiger partial charge < -0.3 is 0 Å².